The normalized spacial score (nSPS) is 14.7. The minimum atomic E-state index is -0.213. The number of nitrogens with one attached hydrogen (secondary N) is 2. The molecule has 2 amide bonds. The van der Waals surface area contributed by atoms with Crippen molar-refractivity contribution < 1.29 is 28.5 Å². The molecule has 9 nitrogen and oxygen atoms in total. The van der Waals surface area contributed by atoms with Crippen molar-refractivity contribution in [3.63, 3.8) is 0 Å². The van der Waals surface area contributed by atoms with Crippen LogP contribution in [-0.2, 0) is 28.9 Å². The predicted octanol–water partition coefficient (Wildman–Crippen LogP) is 3.73. The third-order valence-electron chi connectivity index (χ3n) is 7.59. The molecular formula is C33H41N3O6. The van der Waals surface area contributed by atoms with Gasteiger partial charge in [0.05, 0.1) is 41.4 Å². The minimum Gasteiger partial charge on any atom is -0.493 e. The Morgan fingerprint density at radius 1 is 0.786 bits per heavy atom. The van der Waals surface area contributed by atoms with Crippen molar-refractivity contribution in [1.29, 1.82) is 0 Å². The smallest absolute Gasteiger partial charge is 0.239 e. The van der Waals surface area contributed by atoms with E-state index in [4.69, 9.17) is 18.9 Å². The number of aryl methyl sites for hydroxylation is 1. The largest absolute Gasteiger partial charge is 0.493 e. The van der Waals surface area contributed by atoms with Gasteiger partial charge in [0.1, 0.15) is 0 Å². The van der Waals surface area contributed by atoms with Gasteiger partial charge in [-0.25, -0.2) is 0 Å². The maximum Gasteiger partial charge on any atom is 0.239 e. The highest BCUT2D eigenvalue weighted by molar-refractivity contribution is 5.85. The standard InChI is InChI=1S/C33H41N3O6/c1-39-28-13-12-24(18-29(28)40-2)17-27-26-21-31(42-4)30(41-3)20-25(26)11-8-15-36(27)16-14-34-33(38)22-35-32(37)19-23-9-6-5-7-10-23/h5-7,9-10,12-13,18,20-21,27H,8,11,14-17,19,22H2,1-4H3,(H,34,38)(H,35,37). The molecule has 0 bridgehead atoms. The molecule has 3 aromatic rings. The molecule has 4 rings (SSSR count). The number of carbonyl (C=O) groups is 2. The second-order valence-electron chi connectivity index (χ2n) is 10.2. The Morgan fingerprint density at radius 3 is 2.19 bits per heavy atom. The third-order valence-corrected chi connectivity index (χ3v) is 7.59. The van der Waals surface area contributed by atoms with Crippen LogP contribution >= 0.6 is 0 Å². The molecule has 1 aliphatic rings. The van der Waals surface area contributed by atoms with E-state index in [0.717, 1.165) is 42.7 Å². The summed E-state index contributed by atoms with van der Waals surface area (Å²) in [6.07, 6.45) is 2.85. The number of carbonyl (C=O) groups excluding carboxylic acids is 2. The Labute approximate surface area is 248 Å². The lowest BCUT2D eigenvalue weighted by Crippen LogP contribution is -2.42. The Bertz CT molecular complexity index is 1350. The molecule has 0 fully saturated rings. The summed E-state index contributed by atoms with van der Waals surface area (Å²) in [4.78, 5) is 27.2. The monoisotopic (exact) mass is 575 g/mol. The molecule has 0 saturated heterocycles. The Kier molecular flexibility index (Phi) is 11.1. The van der Waals surface area contributed by atoms with Crippen molar-refractivity contribution in [2.75, 3.05) is 54.6 Å². The SMILES string of the molecule is COc1ccc(CC2c3cc(OC)c(OC)cc3CCCN2CCNC(=O)CNC(=O)Cc2ccccc2)cc1OC. The lowest BCUT2D eigenvalue weighted by molar-refractivity contribution is -0.125. The van der Waals surface area contributed by atoms with Crippen LogP contribution in [-0.4, -0.2) is 71.3 Å². The number of hydrogen-bond donors (Lipinski definition) is 2. The first-order valence-corrected chi connectivity index (χ1v) is 14.2. The van der Waals surface area contributed by atoms with Gasteiger partial charge >= 0.3 is 0 Å². The van der Waals surface area contributed by atoms with Crippen LogP contribution in [0.3, 0.4) is 0 Å². The van der Waals surface area contributed by atoms with E-state index in [1.54, 1.807) is 28.4 Å². The van der Waals surface area contributed by atoms with Crippen LogP contribution in [0.2, 0.25) is 0 Å². The van der Waals surface area contributed by atoms with Crippen molar-refractivity contribution in [2.24, 2.45) is 0 Å². The first kappa shape index (κ1) is 30.7. The average molecular weight is 576 g/mol. The van der Waals surface area contributed by atoms with Gasteiger partial charge in [-0.1, -0.05) is 36.4 Å². The van der Waals surface area contributed by atoms with Gasteiger partial charge in [0.2, 0.25) is 11.8 Å². The lowest BCUT2D eigenvalue weighted by atomic mass is 9.92. The number of fused-ring (bicyclic) bond motifs is 1. The molecule has 42 heavy (non-hydrogen) atoms. The van der Waals surface area contributed by atoms with E-state index in [1.807, 2.05) is 42.5 Å². The van der Waals surface area contributed by atoms with E-state index in [1.165, 1.54) is 11.1 Å². The molecule has 0 aromatic heterocycles. The number of nitrogens with zero attached hydrogens (tertiary/aromatic N) is 1. The van der Waals surface area contributed by atoms with E-state index in [-0.39, 0.29) is 30.8 Å². The zero-order valence-electron chi connectivity index (χ0n) is 24.9. The van der Waals surface area contributed by atoms with Crippen LogP contribution in [0.1, 0.15) is 34.7 Å². The van der Waals surface area contributed by atoms with E-state index >= 15 is 0 Å². The quantitative estimate of drug-likeness (QED) is 0.321. The number of rotatable bonds is 13. The molecular weight excluding hydrogens is 534 g/mol. The summed E-state index contributed by atoms with van der Waals surface area (Å²) in [5.74, 6) is 2.38. The Balaban J connectivity index is 1.46. The maximum atomic E-state index is 12.6. The summed E-state index contributed by atoms with van der Waals surface area (Å²) in [6, 6.07) is 19.7. The van der Waals surface area contributed by atoms with Gasteiger partial charge in [-0.05, 0) is 72.3 Å². The molecule has 1 unspecified atom stereocenters. The van der Waals surface area contributed by atoms with Gasteiger partial charge in [0.15, 0.2) is 23.0 Å². The van der Waals surface area contributed by atoms with Gasteiger partial charge < -0.3 is 29.6 Å². The summed E-state index contributed by atoms with van der Waals surface area (Å²) in [5, 5.41) is 5.69. The number of methoxy groups -OCH3 is 4. The zero-order chi connectivity index (χ0) is 29.9. The van der Waals surface area contributed by atoms with Gasteiger partial charge in [0.25, 0.3) is 0 Å². The zero-order valence-corrected chi connectivity index (χ0v) is 24.9. The summed E-state index contributed by atoms with van der Waals surface area (Å²) in [5.41, 5.74) is 4.42. The minimum absolute atomic E-state index is 0.0304. The fourth-order valence-electron chi connectivity index (χ4n) is 5.45. The van der Waals surface area contributed by atoms with Crippen molar-refractivity contribution >= 4 is 11.8 Å². The molecule has 0 radical (unpaired) electrons. The van der Waals surface area contributed by atoms with Crippen LogP contribution in [0.4, 0.5) is 0 Å². The van der Waals surface area contributed by atoms with Crippen LogP contribution in [0, 0.1) is 0 Å². The molecule has 0 spiro atoms. The Hall–Kier alpha value is -4.24. The second kappa shape index (κ2) is 15.1. The summed E-state index contributed by atoms with van der Waals surface area (Å²) in [6.45, 7) is 1.91. The maximum absolute atomic E-state index is 12.6. The van der Waals surface area contributed by atoms with Crippen molar-refractivity contribution in [3.8, 4) is 23.0 Å². The van der Waals surface area contributed by atoms with Gasteiger partial charge in [-0.3, -0.25) is 14.5 Å². The highest BCUT2D eigenvalue weighted by Crippen LogP contribution is 2.39. The highest BCUT2D eigenvalue weighted by atomic mass is 16.5. The third kappa shape index (κ3) is 7.94. The summed E-state index contributed by atoms with van der Waals surface area (Å²) >= 11 is 0. The van der Waals surface area contributed by atoms with E-state index < -0.39 is 0 Å². The van der Waals surface area contributed by atoms with Gasteiger partial charge in [0, 0.05) is 19.1 Å². The van der Waals surface area contributed by atoms with E-state index in [2.05, 4.69) is 33.7 Å². The first-order chi connectivity index (χ1) is 20.4. The first-order valence-electron chi connectivity index (χ1n) is 14.2. The molecule has 0 aliphatic carbocycles. The topological polar surface area (TPSA) is 98.4 Å². The molecule has 1 aliphatic heterocycles. The fourth-order valence-corrected chi connectivity index (χ4v) is 5.45. The van der Waals surface area contributed by atoms with Crippen LogP contribution in [0.25, 0.3) is 0 Å². The molecule has 9 heteroatoms. The highest BCUT2D eigenvalue weighted by Gasteiger charge is 2.28. The molecule has 1 heterocycles. The molecule has 224 valence electrons. The molecule has 0 saturated carbocycles. The Morgan fingerprint density at radius 2 is 1.48 bits per heavy atom. The number of benzene rings is 3. The van der Waals surface area contributed by atoms with E-state index in [0.29, 0.717) is 30.3 Å². The molecule has 3 aromatic carbocycles. The number of amides is 2. The van der Waals surface area contributed by atoms with Crippen LogP contribution in [0.5, 0.6) is 23.0 Å². The van der Waals surface area contributed by atoms with Crippen LogP contribution in [0.15, 0.2) is 60.7 Å². The average Bonchev–Trinajstić information content (AvgIpc) is 3.18. The van der Waals surface area contributed by atoms with Crippen LogP contribution < -0.4 is 29.6 Å². The van der Waals surface area contributed by atoms with E-state index in [9.17, 15) is 9.59 Å². The summed E-state index contributed by atoms with van der Waals surface area (Å²) in [7, 11) is 6.57. The lowest BCUT2D eigenvalue weighted by Gasteiger charge is -2.32. The molecule has 1 atom stereocenters. The fraction of sp³-hybridized carbons (Fsp3) is 0.394. The second-order valence-corrected chi connectivity index (χ2v) is 10.2. The number of hydrogen-bond acceptors (Lipinski definition) is 7. The van der Waals surface area contributed by atoms with Gasteiger partial charge in [-0.2, -0.15) is 0 Å². The van der Waals surface area contributed by atoms with Gasteiger partial charge in [-0.15, -0.1) is 0 Å². The van der Waals surface area contributed by atoms with Crippen molar-refractivity contribution in [3.05, 3.63) is 82.9 Å². The molecule has 2 N–H and O–H groups in total. The summed E-state index contributed by atoms with van der Waals surface area (Å²) < 4.78 is 22.3. The van der Waals surface area contributed by atoms with Crippen molar-refractivity contribution in [2.45, 2.75) is 31.7 Å². The number of ether oxygens (including phenoxy) is 4. The van der Waals surface area contributed by atoms with Crippen molar-refractivity contribution in [1.82, 2.24) is 15.5 Å². The predicted molar refractivity (Wildman–Crippen MR) is 162 cm³/mol.